The molecule has 0 amide bonds. The summed E-state index contributed by atoms with van der Waals surface area (Å²) in [6.07, 6.45) is 0. The summed E-state index contributed by atoms with van der Waals surface area (Å²) in [5, 5.41) is 6.95. The van der Waals surface area contributed by atoms with Gasteiger partial charge >= 0.3 is 0 Å². The summed E-state index contributed by atoms with van der Waals surface area (Å²) >= 11 is 0. The van der Waals surface area contributed by atoms with E-state index in [9.17, 15) is 0 Å². The largest absolute Gasteiger partial charge is 0.309 e. The molecule has 3 aliphatic carbocycles. The maximum atomic E-state index is 5.70. The zero-order valence-corrected chi connectivity index (χ0v) is 57.6. The predicted molar refractivity (Wildman–Crippen MR) is 423 cm³/mol. The summed E-state index contributed by atoms with van der Waals surface area (Å²) in [5.74, 6) is 1.63. The first kappa shape index (κ1) is 58.5. The zero-order valence-electron chi connectivity index (χ0n) is 57.6. The van der Waals surface area contributed by atoms with E-state index in [1.54, 1.807) is 0 Å². The summed E-state index contributed by atoms with van der Waals surface area (Å²) in [4.78, 5) is 16.9. The summed E-state index contributed by atoms with van der Waals surface area (Å²) < 4.78 is 6.95. The van der Waals surface area contributed by atoms with Gasteiger partial charge in [0.05, 0.1) is 33.1 Å². The standard InChI is InChI=1S/C96H68N6/c1-94(2)79-25-13-7-19-67(79)76-51-60(40-48-82(76)94)63-37-45-73-70-22-10-16-28-85(70)100(88(73)54-63)66-43-35-58(36-44-66)57-31-33-59(34-32-57)91-97-92(101-86-29-17-11-23-71(86)74-46-38-64(55-89(74)101)61-41-49-83-77(52-61)68-20-8-14-26-80(68)95(83,3)4)99-93(98-91)102-87-30-18-12-24-72(87)75-47-39-65(56-90(75)102)62-42-50-84-78(53-62)69-21-9-15-27-81(69)96(84,5)6/h7-56H,1-6H3. The minimum atomic E-state index is -0.0939. The number of para-hydroxylation sites is 3. The van der Waals surface area contributed by atoms with Gasteiger partial charge in [-0.1, -0.05) is 278 Å². The van der Waals surface area contributed by atoms with Crippen molar-refractivity contribution in [3.05, 3.63) is 337 Å². The molecule has 0 spiro atoms. The Balaban J connectivity index is 0.702. The second-order valence-corrected chi connectivity index (χ2v) is 29.9. The monoisotopic (exact) mass is 1300 g/mol. The van der Waals surface area contributed by atoms with Crippen molar-refractivity contribution in [2.45, 2.75) is 57.8 Å². The number of hydrogen-bond donors (Lipinski definition) is 0. The lowest BCUT2D eigenvalue weighted by Gasteiger charge is -2.21. The van der Waals surface area contributed by atoms with E-state index in [1.807, 2.05) is 0 Å². The van der Waals surface area contributed by atoms with Crippen molar-refractivity contribution < 1.29 is 0 Å². The average molecular weight is 1310 g/mol. The highest BCUT2D eigenvalue weighted by molar-refractivity contribution is 6.13. The molecule has 6 heteroatoms. The molecule has 21 rings (SSSR count). The van der Waals surface area contributed by atoms with Crippen molar-refractivity contribution in [1.82, 2.24) is 28.7 Å². The number of fused-ring (bicyclic) bond motifs is 18. The molecule has 4 aromatic heterocycles. The SMILES string of the molecule is CC1(C)c2ccccc2-c2cc(-c3ccc4c5ccccc5n(-c5ccc(-c6ccc(-c7nc(-n8c9ccccc9c9ccc(-c%10ccc%11c(c%10)-c%10ccccc%10C%11(C)C)cc98)nc(-n8c9ccccc9c9ccc(-c%10ccc%11c(c%10)-c%10ccccc%10C%11(C)C)cc98)n7)cc6)cc5)c4c3)ccc21. The Morgan fingerprint density at radius 3 is 0.873 bits per heavy atom. The topological polar surface area (TPSA) is 53.5 Å². The van der Waals surface area contributed by atoms with Crippen LogP contribution in [-0.2, 0) is 16.2 Å². The van der Waals surface area contributed by atoms with Gasteiger partial charge in [0, 0.05) is 59.8 Å². The molecule has 482 valence electrons. The third-order valence-corrected chi connectivity index (χ3v) is 23.4. The summed E-state index contributed by atoms with van der Waals surface area (Å²) in [6.45, 7) is 14.1. The number of hydrogen-bond acceptors (Lipinski definition) is 3. The molecular weight excluding hydrogens is 1240 g/mol. The van der Waals surface area contributed by atoms with Gasteiger partial charge in [0.1, 0.15) is 0 Å². The zero-order chi connectivity index (χ0) is 68.1. The van der Waals surface area contributed by atoms with Crippen LogP contribution in [-0.4, -0.2) is 28.7 Å². The third kappa shape index (κ3) is 8.38. The minimum Gasteiger partial charge on any atom is -0.309 e. The molecule has 3 aliphatic rings. The lowest BCUT2D eigenvalue weighted by atomic mass is 9.82. The van der Waals surface area contributed by atoms with Crippen molar-refractivity contribution in [3.63, 3.8) is 0 Å². The summed E-state index contributed by atoms with van der Waals surface area (Å²) in [6, 6.07) is 113. The Morgan fingerprint density at radius 1 is 0.206 bits per heavy atom. The lowest BCUT2D eigenvalue weighted by Crippen LogP contribution is -2.14. The average Bonchev–Trinajstić information content (AvgIpc) is 1.57. The van der Waals surface area contributed by atoms with Gasteiger partial charge < -0.3 is 4.57 Å². The van der Waals surface area contributed by atoms with Gasteiger partial charge in [-0.3, -0.25) is 9.13 Å². The van der Waals surface area contributed by atoms with Crippen LogP contribution in [0.4, 0.5) is 0 Å². The van der Waals surface area contributed by atoms with Crippen LogP contribution in [0.1, 0.15) is 74.9 Å². The Morgan fingerprint density at radius 2 is 0.480 bits per heavy atom. The molecule has 14 aromatic carbocycles. The van der Waals surface area contributed by atoms with E-state index >= 15 is 0 Å². The van der Waals surface area contributed by atoms with E-state index in [0.717, 1.165) is 88.2 Å². The molecule has 18 aromatic rings. The summed E-state index contributed by atoms with van der Waals surface area (Å²) in [5.41, 5.74) is 33.4. The van der Waals surface area contributed by atoms with Crippen LogP contribution in [0.25, 0.3) is 172 Å². The lowest BCUT2D eigenvalue weighted by molar-refractivity contribution is 0.660. The van der Waals surface area contributed by atoms with Gasteiger partial charge in [-0.2, -0.15) is 15.0 Å². The molecule has 0 fully saturated rings. The van der Waals surface area contributed by atoms with Crippen molar-refractivity contribution in [3.8, 4) is 107 Å². The van der Waals surface area contributed by atoms with Crippen LogP contribution in [0.2, 0.25) is 0 Å². The normalized spacial score (nSPS) is 14.2. The Labute approximate surface area is 591 Å². The molecule has 0 radical (unpaired) electrons. The Kier molecular flexibility index (Phi) is 12.2. The van der Waals surface area contributed by atoms with E-state index in [4.69, 9.17) is 15.0 Å². The fourth-order valence-corrected chi connectivity index (χ4v) is 18.2. The number of benzene rings is 14. The van der Waals surface area contributed by atoms with Gasteiger partial charge in [0.2, 0.25) is 11.9 Å². The van der Waals surface area contributed by atoms with Gasteiger partial charge in [0.25, 0.3) is 0 Å². The number of rotatable bonds is 8. The molecule has 0 saturated carbocycles. The van der Waals surface area contributed by atoms with Crippen molar-refractivity contribution in [2.75, 3.05) is 0 Å². The fourth-order valence-electron chi connectivity index (χ4n) is 18.2. The van der Waals surface area contributed by atoms with Crippen LogP contribution >= 0.6 is 0 Å². The van der Waals surface area contributed by atoms with Crippen molar-refractivity contribution in [1.29, 1.82) is 0 Å². The van der Waals surface area contributed by atoms with Gasteiger partial charge in [-0.25, -0.2) is 0 Å². The predicted octanol–water partition coefficient (Wildman–Crippen LogP) is 24.4. The van der Waals surface area contributed by atoms with Crippen molar-refractivity contribution in [2.24, 2.45) is 0 Å². The van der Waals surface area contributed by atoms with Gasteiger partial charge in [-0.15, -0.1) is 0 Å². The molecule has 0 aliphatic heterocycles. The van der Waals surface area contributed by atoms with Crippen LogP contribution < -0.4 is 0 Å². The first-order valence-electron chi connectivity index (χ1n) is 35.6. The third-order valence-electron chi connectivity index (χ3n) is 23.4. The maximum Gasteiger partial charge on any atom is 0.240 e. The highest BCUT2D eigenvalue weighted by atomic mass is 15.3. The Hall–Kier alpha value is -12.5. The molecule has 4 heterocycles. The number of aromatic nitrogens is 6. The molecular formula is C96H68N6. The van der Waals surface area contributed by atoms with E-state index in [0.29, 0.717) is 17.7 Å². The summed E-state index contributed by atoms with van der Waals surface area (Å²) in [7, 11) is 0. The fraction of sp³-hybridized carbons (Fsp3) is 0.0938. The van der Waals surface area contributed by atoms with E-state index in [2.05, 4.69) is 359 Å². The van der Waals surface area contributed by atoms with Crippen LogP contribution in [0, 0.1) is 0 Å². The molecule has 0 atom stereocenters. The quantitative estimate of drug-likeness (QED) is 0.152. The maximum absolute atomic E-state index is 5.70. The Bertz CT molecular complexity index is 6400. The molecule has 0 N–H and O–H groups in total. The molecule has 0 saturated heterocycles. The van der Waals surface area contributed by atoms with Crippen molar-refractivity contribution >= 4 is 65.4 Å². The second kappa shape index (κ2) is 21.3. The first-order valence-corrected chi connectivity index (χ1v) is 35.6. The van der Waals surface area contributed by atoms with Gasteiger partial charge in [-0.05, 0) is 178 Å². The molecule has 6 nitrogen and oxygen atoms in total. The molecule has 102 heavy (non-hydrogen) atoms. The molecule has 0 unspecified atom stereocenters. The van der Waals surface area contributed by atoms with Gasteiger partial charge in [0.15, 0.2) is 5.82 Å². The van der Waals surface area contributed by atoms with Crippen LogP contribution in [0.3, 0.4) is 0 Å². The highest BCUT2D eigenvalue weighted by Gasteiger charge is 2.38. The highest BCUT2D eigenvalue weighted by Crippen LogP contribution is 2.53. The smallest absolute Gasteiger partial charge is 0.240 e. The van der Waals surface area contributed by atoms with E-state index in [1.165, 1.54) is 99.7 Å². The van der Waals surface area contributed by atoms with E-state index < -0.39 is 0 Å². The number of nitrogens with zero attached hydrogens (tertiary/aromatic N) is 6. The first-order chi connectivity index (χ1) is 49.8. The van der Waals surface area contributed by atoms with Crippen LogP contribution in [0.15, 0.2) is 303 Å². The van der Waals surface area contributed by atoms with Crippen LogP contribution in [0.5, 0.6) is 0 Å². The minimum absolute atomic E-state index is 0.0471. The van der Waals surface area contributed by atoms with E-state index in [-0.39, 0.29) is 16.2 Å². The second-order valence-electron chi connectivity index (χ2n) is 29.9. The molecule has 0 bridgehead atoms.